The molecule has 0 spiro atoms. The summed E-state index contributed by atoms with van der Waals surface area (Å²) < 4.78 is 11.1. The number of methoxy groups -OCH3 is 1. The first-order valence-corrected chi connectivity index (χ1v) is 8.97. The molecule has 1 N–H and O–H groups in total. The van der Waals surface area contributed by atoms with Crippen LogP contribution in [-0.2, 0) is 0 Å². The quantitative estimate of drug-likeness (QED) is 0.594. The number of rotatable bonds is 6. The lowest BCUT2D eigenvalue weighted by Gasteiger charge is -2.24. The van der Waals surface area contributed by atoms with Crippen LogP contribution >= 0.6 is 0 Å². The van der Waals surface area contributed by atoms with Crippen LogP contribution in [0.5, 0.6) is 11.5 Å². The Balaban J connectivity index is 1.81. The van der Waals surface area contributed by atoms with Crippen LogP contribution in [0.3, 0.4) is 0 Å². The summed E-state index contributed by atoms with van der Waals surface area (Å²) in [5, 5.41) is 13.9. The van der Waals surface area contributed by atoms with Gasteiger partial charge in [-0.25, -0.2) is 0 Å². The number of benzene rings is 2. The number of hydrogen-bond donors (Lipinski definition) is 1. The van der Waals surface area contributed by atoms with Gasteiger partial charge in [0, 0.05) is 11.6 Å². The van der Waals surface area contributed by atoms with E-state index in [1.54, 1.807) is 31.4 Å². The van der Waals surface area contributed by atoms with Crippen LogP contribution in [0.2, 0.25) is 0 Å². The molecular weight excluding hydrogens is 348 g/mol. The molecule has 0 bridgehead atoms. The van der Waals surface area contributed by atoms with Gasteiger partial charge in [-0.05, 0) is 56.0 Å². The third kappa shape index (κ3) is 4.75. The van der Waals surface area contributed by atoms with Gasteiger partial charge < -0.3 is 14.8 Å². The molecular formula is C20H22N2O5. The minimum Gasteiger partial charge on any atom is -0.497 e. The van der Waals surface area contributed by atoms with Crippen LogP contribution in [0, 0.1) is 10.1 Å². The summed E-state index contributed by atoms with van der Waals surface area (Å²) in [7, 11) is 1.56. The first-order chi connectivity index (χ1) is 13.1. The first-order valence-electron chi connectivity index (χ1n) is 8.97. The molecule has 3 rings (SSSR count). The second kappa shape index (κ2) is 8.53. The summed E-state index contributed by atoms with van der Waals surface area (Å²) in [5.41, 5.74) is 0.813. The Labute approximate surface area is 157 Å². The molecule has 0 heterocycles. The van der Waals surface area contributed by atoms with E-state index in [-0.39, 0.29) is 17.7 Å². The second-order valence-electron chi connectivity index (χ2n) is 6.50. The number of anilines is 1. The number of nitrogens with one attached hydrogen (secondary N) is 1. The zero-order valence-electron chi connectivity index (χ0n) is 15.1. The van der Waals surface area contributed by atoms with Crippen molar-refractivity contribution in [3.8, 4) is 11.5 Å². The van der Waals surface area contributed by atoms with E-state index in [0.29, 0.717) is 22.7 Å². The van der Waals surface area contributed by atoms with Crippen molar-refractivity contribution < 1.29 is 19.2 Å². The maximum Gasteiger partial charge on any atom is 0.273 e. The molecule has 0 aliphatic heterocycles. The molecule has 0 unspecified atom stereocenters. The molecule has 1 aliphatic carbocycles. The van der Waals surface area contributed by atoms with E-state index < -0.39 is 4.92 Å². The molecule has 1 aliphatic rings. The standard InChI is InChI=1S/C20H22N2O5/c1-26-16-10-7-14(8-11-16)20(23)21-18-12-9-15(22(24)25)13-19(18)27-17-5-3-2-4-6-17/h7-13,17H,2-6H2,1H3,(H,21,23). The van der Waals surface area contributed by atoms with Gasteiger partial charge in [-0.1, -0.05) is 6.42 Å². The van der Waals surface area contributed by atoms with Crippen molar-refractivity contribution in [2.24, 2.45) is 0 Å². The fraction of sp³-hybridized carbons (Fsp3) is 0.350. The molecule has 27 heavy (non-hydrogen) atoms. The fourth-order valence-electron chi connectivity index (χ4n) is 3.12. The molecule has 7 nitrogen and oxygen atoms in total. The van der Waals surface area contributed by atoms with Crippen LogP contribution in [0.25, 0.3) is 0 Å². The summed E-state index contributed by atoms with van der Waals surface area (Å²) in [5.74, 6) is 0.668. The average Bonchev–Trinajstić information content (AvgIpc) is 2.70. The molecule has 0 saturated heterocycles. The summed E-state index contributed by atoms with van der Waals surface area (Å²) in [4.78, 5) is 23.2. The lowest BCUT2D eigenvalue weighted by Crippen LogP contribution is -2.21. The molecule has 2 aromatic carbocycles. The zero-order valence-corrected chi connectivity index (χ0v) is 15.1. The maximum atomic E-state index is 12.5. The number of amides is 1. The zero-order chi connectivity index (χ0) is 19.2. The van der Waals surface area contributed by atoms with Crippen molar-refractivity contribution in [3.05, 3.63) is 58.1 Å². The topological polar surface area (TPSA) is 90.7 Å². The Morgan fingerprint density at radius 2 is 1.81 bits per heavy atom. The van der Waals surface area contributed by atoms with Crippen LogP contribution < -0.4 is 14.8 Å². The molecule has 7 heteroatoms. The first kappa shape index (κ1) is 18.7. The van der Waals surface area contributed by atoms with Gasteiger partial charge in [-0.15, -0.1) is 0 Å². The highest BCUT2D eigenvalue weighted by Gasteiger charge is 2.20. The van der Waals surface area contributed by atoms with Gasteiger partial charge >= 0.3 is 0 Å². The fourth-order valence-corrected chi connectivity index (χ4v) is 3.12. The van der Waals surface area contributed by atoms with Crippen LogP contribution in [0.1, 0.15) is 42.5 Å². The van der Waals surface area contributed by atoms with Gasteiger partial charge in [-0.2, -0.15) is 0 Å². The molecule has 1 fully saturated rings. The van der Waals surface area contributed by atoms with E-state index >= 15 is 0 Å². The largest absolute Gasteiger partial charge is 0.497 e. The van der Waals surface area contributed by atoms with Crippen LogP contribution in [-0.4, -0.2) is 24.0 Å². The van der Waals surface area contributed by atoms with Crippen molar-refractivity contribution in [1.82, 2.24) is 0 Å². The normalized spacial score (nSPS) is 14.4. The lowest BCUT2D eigenvalue weighted by atomic mass is 9.98. The smallest absolute Gasteiger partial charge is 0.273 e. The number of carbonyl (C=O) groups excluding carboxylic acids is 1. The highest BCUT2D eigenvalue weighted by atomic mass is 16.6. The minimum absolute atomic E-state index is 0.0115. The van der Waals surface area contributed by atoms with E-state index in [1.165, 1.54) is 24.6 Å². The highest BCUT2D eigenvalue weighted by molar-refractivity contribution is 6.05. The predicted octanol–water partition coefficient (Wildman–Crippen LogP) is 4.57. The Morgan fingerprint density at radius 3 is 2.44 bits per heavy atom. The van der Waals surface area contributed by atoms with E-state index in [0.717, 1.165) is 25.7 Å². The molecule has 0 aromatic heterocycles. The summed E-state index contributed by atoms with van der Waals surface area (Å²) in [6.45, 7) is 0. The van der Waals surface area contributed by atoms with Crippen molar-refractivity contribution in [1.29, 1.82) is 0 Å². The lowest BCUT2D eigenvalue weighted by molar-refractivity contribution is -0.384. The molecule has 1 amide bonds. The number of nitro benzene ring substituents is 1. The van der Waals surface area contributed by atoms with Gasteiger partial charge in [0.1, 0.15) is 11.5 Å². The number of hydrogen-bond acceptors (Lipinski definition) is 5. The van der Waals surface area contributed by atoms with Crippen molar-refractivity contribution in [2.75, 3.05) is 12.4 Å². The number of carbonyl (C=O) groups is 1. The van der Waals surface area contributed by atoms with Crippen molar-refractivity contribution in [2.45, 2.75) is 38.2 Å². The Morgan fingerprint density at radius 1 is 1.11 bits per heavy atom. The predicted molar refractivity (Wildman–Crippen MR) is 102 cm³/mol. The Bertz CT molecular complexity index is 814. The van der Waals surface area contributed by atoms with Gasteiger partial charge in [0.05, 0.1) is 29.9 Å². The van der Waals surface area contributed by atoms with Crippen LogP contribution in [0.4, 0.5) is 11.4 Å². The number of ether oxygens (including phenoxy) is 2. The average molecular weight is 370 g/mol. The van der Waals surface area contributed by atoms with Gasteiger partial charge in [-0.3, -0.25) is 14.9 Å². The van der Waals surface area contributed by atoms with E-state index in [2.05, 4.69) is 5.32 Å². The third-order valence-corrected chi connectivity index (χ3v) is 4.62. The number of non-ortho nitro benzene ring substituents is 1. The monoisotopic (exact) mass is 370 g/mol. The summed E-state index contributed by atoms with van der Waals surface area (Å²) in [6, 6.07) is 10.9. The van der Waals surface area contributed by atoms with Gasteiger partial charge in [0.2, 0.25) is 0 Å². The molecule has 1 saturated carbocycles. The highest BCUT2D eigenvalue weighted by Crippen LogP contribution is 2.33. The Kier molecular flexibility index (Phi) is 5.90. The van der Waals surface area contributed by atoms with Gasteiger partial charge in [0.15, 0.2) is 0 Å². The number of nitro groups is 1. The Hall–Kier alpha value is -3.09. The second-order valence-corrected chi connectivity index (χ2v) is 6.50. The summed E-state index contributed by atoms with van der Waals surface area (Å²) >= 11 is 0. The molecule has 0 radical (unpaired) electrons. The van der Waals surface area contributed by atoms with E-state index in [1.807, 2.05) is 0 Å². The SMILES string of the molecule is COc1ccc(C(=O)Nc2ccc([N+](=O)[O-])cc2OC2CCCCC2)cc1. The molecule has 0 atom stereocenters. The van der Waals surface area contributed by atoms with Crippen molar-refractivity contribution in [3.63, 3.8) is 0 Å². The van der Waals surface area contributed by atoms with Crippen molar-refractivity contribution >= 4 is 17.3 Å². The maximum absolute atomic E-state index is 12.5. The van der Waals surface area contributed by atoms with E-state index in [4.69, 9.17) is 9.47 Å². The van der Waals surface area contributed by atoms with E-state index in [9.17, 15) is 14.9 Å². The molecule has 2 aromatic rings. The molecule has 142 valence electrons. The third-order valence-electron chi connectivity index (χ3n) is 4.62. The number of nitrogens with zero attached hydrogens (tertiary/aromatic N) is 1. The van der Waals surface area contributed by atoms with Gasteiger partial charge in [0.25, 0.3) is 11.6 Å². The minimum atomic E-state index is -0.469. The summed E-state index contributed by atoms with van der Waals surface area (Å²) in [6.07, 6.45) is 5.16. The van der Waals surface area contributed by atoms with Crippen LogP contribution in [0.15, 0.2) is 42.5 Å².